The molecule has 0 aromatic carbocycles. The number of hydrogen-bond donors (Lipinski definition) is 4. The second-order valence-corrected chi connectivity index (χ2v) is 17.7. The third-order valence-electron chi connectivity index (χ3n) is 12.4. The average molecular weight is 660 g/mol. The van der Waals surface area contributed by atoms with Crippen LogP contribution in [0.1, 0.15) is 114 Å². The molecule has 11 heteroatoms. The maximum atomic E-state index is 14.7. The summed E-state index contributed by atoms with van der Waals surface area (Å²) in [6.07, 6.45) is 6.24. The van der Waals surface area contributed by atoms with E-state index in [1.165, 1.54) is 0 Å². The molecule has 2 saturated heterocycles. The Bertz CT molecular complexity index is 1250. The number of hydrogen-bond acceptors (Lipinski definition) is 6. The molecule has 2 spiro atoms. The lowest BCUT2D eigenvalue weighted by Crippen LogP contribution is -2.63. The van der Waals surface area contributed by atoms with Crippen molar-refractivity contribution in [3.05, 3.63) is 0 Å². The lowest BCUT2D eigenvalue weighted by atomic mass is 9.73. The topological polar surface area (TPSA) is 148 Å². The van der Waals surface area contributed by atoms with Crippen LogP contribution in [0.3, 0.4) is 0 Å². The molecule has 4 fully saturated rings. The minimum absolute atomic E-state index is 0.0540. The number of carbonyl (C=O) groups is 5. The zero-order valence-corrected chi connectivity index (χ0v) is 30.5. The molecule has 4 amide bonds. The van der Waals surface area contributed by atoms with E-state index in [0.29, 0.717) is 32.4 Å². The van der Waals surface area contributed by atoms with Crippen molar-refractivity contribution in [2.75, 3.05) is 26.7 Å². The number of aliphatic carboxylic acids is 1. The number of likely N-dealkylation sites (tertiary alicyclic amines) is 2. The molecule has 1 unspecified atom stereocenters. The molecule has 0 radical (unpaired) electrons. The van der Waals surface area contributed by atoms with Gasteiger partial charge in [0.25, 0.3) is 0 Å². The minimum Gasteiger partial charge on any atom is -0.480 e. The highest BCUT2D eigenvalue weighted by Crippen LogP contribution is 2.88. The van der Waals surface area contributed by atoms with Crippen LogP contribution in [0.25, 0.3) is 0 Å². The zero-order chi connectivity index (χ0) is 35.3. The Morgan fingerprint density at radius 2 is 1.49 bits per heavy atom. The molecular weight excluding hydrogens is 598 g/mol. The van der Waals surface area contributed by atoms with Crippen LogP contribution in [-0.2, 0) is 24.0 Å². The number of fused-ring (bicyclic) bond motifs is 1. The highest BCUT2D eigenvalue weighted by molar-refractivity contribution is 5.96. The summed E-state index contributed by atoms with van der Waals surface area (Å²) < 4.78 is 0. The number of carbonyl (C=O) groups excluding carboxylic acids is 4. The van der Waals surface area contributed by atoms with Crippen LogP contribution in [-0.4, -0.2) is 95.4 Å². The van der Waals surface area contributed by atoms with E-state index >= 15 is 0 Å². The summed E-state index contributed by atoms with van der Waals surface area (Å²) in [6, 6.07) is -3.74. The first kappa shape index (κ1) is 37.1. The summed E-state index contributed by atoms with van der Waals surface area (Å²) in [6.45, 7) is 19.6. The number of amides is 4. The van der Waals surface area contributed by atoms with E-state index in [0.717, 1.165) is 38.6 Å². The van der Waals surface area contributed by atoms with Gasteiger partial charge in [0.15, 0.2) is 0 Å². The van der Waals surface area contributed by atoms with Gasteiger partial charge in [0, 0.05) is 18.5 Å². The molecule has 47 heavy (non-hydrogen) atoms. The maximum absolute atomic E-state index is 14.7. The predicted octanol–water partition coefficient (Wildman–Crippen LogP) is 3.56. The Morgan fingerprint density at radius 3 is 1.96 bits per heavy atom. The SMILES string of the molecule is CCC[C@@H](NC(=O)[C@@H]1CC2(CN1C(=O)[C@H](NC(=O)[C@@H](NC(=O)[C@H]1CCCN(C)C1)C(C)(C)C)C(C)(C)C)C(C)(C)C21CCC1)C(=O)O. The van der Waals surface area contributed by atoms with Gasteiger partial charge in [0.2, 0.25) is 23.6 Å². The van der Waals surface area contributed by atoms with Gasteiger partial charge in [-0.25, -0.2) is 4.79 Å². The van der Waals surface area contributed by atoms with E-state index in [4.69, 9.17) is 0 Å². The first-order valence-corrected chi connectivity index (χ1v) is 17.8. The van der Waals surface area contributed by atoms with E-state index < -0.39 is 52.8 Å². The van der Waals surface area contributed by atoms with Crippen LogP contribution in [0, 0.1) is 33.0 Å². The summed E-state index contributed by atoms with van der Waals surface area (Å²) in [4.78, 5) is 71.9. The Balaban J connectivity index is 1.61. The van der Waals surface area contributed by atoms with Crippen molar-refractivity contribution in [1.29, 1.82) is 0 Å². The largest absolute Gasteiger partial charge is 0.480 e. The summed E-state index contributed by atoms with van der Waals surface area (Å²) in [7, 11) is 1.99. The molecule has 2 aliphatic heterocycles. The minimum atomic E-state index is -1.09. The van der Waals surface area contributed by atoms with Crippen molar-refractivity contribution >= 4 is 29.6 Å². The predicted molar refractivity (Wildman–Crippen MR) is 180 cm³/mol. The fraction of sp³-hybridized carbons (Fsp3) is 0.861. The average Bonchev–Trinajstić information content (AvgIpc) is 3.16. The first-order valence-electron chi connectivity index (χ1n) is 17.8. The molecule has 2 aliphatic carbocycles. The van der Waals surface area contributed by atoms with Crippen molar-refractivity contribution < 1.29 is 29.1 Å². The van der Waals surface area contributed by atoms with Crippen molar-refractivity contribution in [1.82, 2.24) is 25.8 Å². The smallest absolute Gasteiger partial charge is 0.326 e. The Hall–Kier alpha value is -2.69. The van der Waals surface area contributed by atoms with Crippen molar-refractivity contribution in [3.63, 3.8) is 0 Å². The molecular formula is C36H61N5O6. The third-order valence-corrected chi connectivity index (χ3v) is 12.4. The Morgan fingerprint density at radius 1 is 0.872 bits per heavy atom. The van der Waals surface area contributed by atoms with Crippen molar-refractivity contribution in [2.45, 2.75) is 138 Å². The lowest BCUT2D eigenvalue weighted by molar-refractivity contribution is -0.146. The normalized spacial score (nSPS) is 28.6. The van der Waals surface area contributed by atoms with Crippen LogP contribution in [0.2, 0.25) is 0 Å². The van der Waals surface area contributed by atoms with Crippen LogP contribution in [0.4, 0.5) is 0 Å². The molecule has 266 valence electrons. The van der Waals surface area contributed by atoms with Crippen LogP contribution in [0.5, 0.6) is 0 Å². The summed E-state index contributed by atoms with van der Waals surface area (Å²) in [5.41, 5.74) is -1.62. The number of nitrogens with one attached hydrogen (secondary N) is 3. The second-order valence-electron chi connectivity index (χ2n) is 17.7. The van der Waals surface area contributed by atoms with Gasteiger partial charge in [-0.1, -0.05) is 75.2 Å². The summed E-state index contributed by atoms with van der Waals surface area (Å²) in [5.74, 6) is -2.71. The van der Waals surface area contributed by atoms with E-state index in [1.807, 2.05) is 55.5 Å². The number of nitrogens with zero attached hydrogens (tertiary/aromatic N) is 2. The van der Waals surface area contributed by atoms with Gasteiger partial charge in [-0.05, 0) is 73.8 Å². The maximum Gasteiger partial charge on any atom is 0.326 e. The van der Waals surface area contributed by atoms with E-state index in [1.54, 1.807) is 4.90 Å². The molecule has 4 N–H and O–H groups in total. The quantitative estimate of drug-likeness (QED) is 0.280. The highest BCUT2D eigenvalue weighted by Gasteiger charge is 2.85. The van der Waals surface area contributed by atoms with Gasteiger partial charge in [-0.2, -0.15) is 0 Å². The van der Waals surface area contributed by atoms with E-state index in [2.05, 4.69) is 34.7 Å². The molecule has 2 heterocycles. The van der Waals surface area contributed by atoms with E-state index in [9.17, 15) is 29.1 Å². The van der Waals surface area contributed by atoms with E-state index in [-0.39, 0.29) is 34.0 Å². The second kappa shape index (κ2) is 13.0. The standard InChI is InChI=1S/C36H61N5O6/c1-11-14-23(31(46)47)37-28(43)24-19-36(34(8,9)35(36)16-13-17-35)21-41(24)30(45)26(33(5,6)7)39-29(44)25(32(2,3)4)38-27(42)22-15-12-18-40(10)20-22/h22-26H,11-21H2,1-10H3,(H,37,43)(H,38,42)(H,39,44)(H,46,47)/t22-,23+,24-,25+,26-,36?/m0/s1. The van der Waals surface area contributed by atoms with Gasteiger partial charge in [-0.15, -0.1) is 0 Å². The molecule has 0 aromatic rings. The molecule has 2 saturated carbocycles. The molecule has 6 atom stereocenters. The monoisotopic (exact) mass is 659 g/mol. The lowest BCUT2D eigenvalue weighted by Gasteiger charge is -2.39. The van der Waals surface area contributed by atoms with Gasteiger partial charge in [-0.3, -0.25) is 19.2 Å². The summed E-state index contributed by atoms with van der Waals surface area (Å²) in [5, 5.41) is 18.6. The number of carboxylic acid groups (broad SMARTS) is 1. The fourth-order valence-electron chi connectivity index (χ4n) is 9.23. The van der Waals surface area contributed by atoms with Crippen LogP contribution >= 0.6 is 0 Å². The molecule has 4 aliphatic rings. The summed E-state index contributed by atoms with van der Waals surface area (Å²) >= 11 is 0. The number of rotatable bonds is 10. The molecule has 0 bridgehead atoms. The number of piperidine rings is 1. The molecule has 0 aromatic heterocycles. The van der Waals surface area contributed by atoms with Crippen molar-refractivity contribution in [2.24, 2.45) is 33.0 Å². The highest BCUT2D eigenvalue weighted by atomic mass is 16.4. The van der Waals surface area contributed by atoms with Gasteiger partial charge >= 0.3 is 5.97 Å². The Labute approximate surface area is 281 Å². The fourth-order valence-corrected chi connectivity index (χ4v) is 9.23. The molecule has 4 rings (SSSR count). The van der Waals surface area contributed by atoms with Gasteiger partial charge in [0.1, 0.15) is 24.2 Å². The number of carboxylic acids is 1. The third kappa shape index (κ3) is 6.66. The molecule has 11 nitrogen and oxygen atoms in total. The van der Waals surface area contributed by atoms with Crippen molar-refractivity contribution in [3.8, 4) is 0 Å². The first-order chi connectivity index (χ1) is 21.6. The van der Waals surface area contributed by atoms with Crippen LogP contribution in [0.15, 0.2) is 0 Å². The van der Waals surface area contributed by atoms with Crippen LogP contribution < -0.4 is 16.0 Å². The zero-order valence-electron chi connectivity index (χ0n) is 30.5. The Kier molecular flexibility index (Phi) is 10.2. The van der Waals surface area contributed by atoms with Gasteiger partial charge < -0.3 is 30.9 Å². The van der Waals surface area contributed by atoms with Gasteiger partial charge in [0.05, 0.1) is 5.92 Å².